The fraction of sp³-hybridized carbons (Fsp3) is 0.357. The van der Waals surface area contributed by atoms with Crippen molar-refractivity contribution in [2.45, 2.75) is 57.3 Å². The number of hydrogen-bond donors (Lipinski definition) is 2. The van der Waals surface area contributed by atoms with Crippen molar-refractivity contribution >= 4 is 7.60 Å². The minimum absolute atomic E-state index is 0.248. The van der Waals surface area contributed by atoms with Crippen molar-refractivity contribution < 1.29 is 33.3 Å². The number of rotatable bonds is 11. The molecule has 192 valence electrons. The quantitative estimate of drug-likeness (QED) is 0.360. The van der Waals surface area contributed by atoms with Crippen LogP contribution >= 0.6 is 7.60 Å². The molecule has 5 atom stereocenters. The molecule has 0 aromatic heterocycles. The highest BCUT2D eigenvalue weighted by Crippen LogP contribution is 2.40. The van der Waals surface area contributed by atoms with E-state index in [1.54, 1.807) is 0 Å². The van der Waals surface area contributed by atoms with E-state index in [0.717, 1.165) is 16.7 Å². The van der Waals surface area contributed by atoms with E-state index in [-0.39, 0.29) is 6.61 Å². The van der Waals surface area contributed by atoms with Crippen LogP contribution in [0.15, 0.2) is 91.0 Å². The first-order valence-corrected chi connectivity index (χ1v) is 13.9. The summed E-state index contributed by atoms with van der Waals surface area (Å²) in [7, 11) is -4.38. The van der Waals surface area contributed by atoms with Gasteiger partial charge in [0.15, 0.2) is 0 Å². The first kappa shape index (κ1) is 26.7. The minimum atomic E-state index is -4.38. The first-order valence-electron chi connectivity index (χ1n) is 12.1. The van der Waals surface area contributed by atoms with Gasteiger partial charge in [-0.05, 0) is 23.6 Å². The predicted molar refractivity (Wildman–Crippen MR) is 136 cm³/mol. The van der Waals surface area contributed by atoms with E-state index in [1.807, 2.05) is 97.9 Å². The maximum absolute atomic E-state index is 12.0. The van der Waals surface area contributed by atoms with Crippen molar-refractivity contribution in [3.63, 3.8) is 0 Å². The molecular weight excluding hydrogens is 479 g/mol. The standard InChI is InChI=1S/C28H33O7P/c1-21-26(32-17-22-11-5-2-6-12-22)28(34-19-24-15-9-4-10-16-24)27(25(35-21)20-36(29,30)31)33-18-23-13-7-3-8-14-23/h2-16,21,25-28H,17-20H2,1H3,(H2,29,30,31)/t21-,25+,26+,27+,28+/m0/s1. The zero-order valence-electron chi connectivity index (χ0n) is 20.3. The molecule has 7 nitrogen and oxygen atoms in total. The van der Waals surface area contributed by atoms with Gasteiger partial charge >= 0.3 is 7.60 Å². The van der Waals surface area contributed by atoms with Crippen molar-refractivity contribution in [1.82, 2.24) is 0 Å². The van der Waals surface area contributed by atoms with Crippen LogP contribution in [0.5, 0.6) is 0 Å². The summed E-state index contributed by atoms with van der Waals surface area (Å²) in [5, 5.41) is 0. The molecular formula is C28H33O7P. The summed E-state index contributed by atoms with van der Waals surface area (Å²) in [6, 6.07) is 29.2. The van der Waals surface area contributed by atoms with Gasteiger partial charge in [0, 0.05) is 0 Å². The van der Waals surface area contributed by atoms with Crippen LogP contribution in [0, 0.1) is 0 Å². The van der Waals surface area contributed by atoms with Crippen LogP contribution in [-0.4, -0.2) is 46.5 Å². The lowest BCUT2D eigenvalue weighted by Gasteiger charge is -2.45. The molecule has 0 saturated carbocycles. The fourth-order valence-electron chi connectivity index (χ4n) is 4.40. The molecule has 1 fully saturated rings. The summed E-state index contributed by atoms with van der Waals surface area (Å²) < 4.78 is 37.1. The van der Waals surface area contributed by atoms with Gasteiger partial charge in [0.1, 0.15) is 18.3 Å². The molecule has 0 amide bonds. The van der Waals surface area contributed by atoms with Gasteiger partial charge in [-0.15, -0.1) is 0 Å². The van der Waals surface area contributed by atoms with Crippen molar-refractivity contribution in [3.05, 3.63) is 108 Å². The highest BCUT2D eigenvalue weighted by Gasteiger charge is 2.48. The fourth-order valence-corrected chi connectivity index (χ4v) is 5.16. The van der Waals surface area contributed by atoms with Crippen molar-refractivity contribution in [1.29, 1.82) is 0 Å². The van der Waals surface area contributed by atoms with E-state index in [2.05, 4.69) is 0 Å². The molecule has 1 saturated heterocycles. The third-order valence-corrected chi connectivity index (χ3v) is 6.98. The molecule has 4 rings (SSSR count). The molecule has 0 spiro atoms. The molecule has 2 N–H and O–H groups in total. The molecule has 8 heteroatoms. The Hall–Kier alpha value is -2.35. The second-order valence-corrected chi connectivity index (χ2v) is 10.7. The lowest BCUT2D eigenvalue weighted by molar-refractivity contribution is -0.257. The Morgan fingerprint density at radius 2 is 1.06 bits per heavy atom. The summed E-state index contributed by atoms with van der Waals surface area (Å²) in [4.78, 5) is 19.5. The molecule has 3 aromatic rings. The Bertz CT molecular complexity index is 1090. The molecule has 0 radical (unpaired) electrons. The van der Waals surface area contributed by atoms with Gasteiger partial charge in [-0.25, -0.2) is 0 Å². The van der Waals surface area contributed by atoms with Crippen LogP contribution in [-0.2, 0) is 43.3 Å². The highest BCUT2D eigenvalue weighted by atomic mass is 31.2. The van der Waals surface area contributed by atoms with E-state index in [4.69, 9.17) is 18.9 Å². The average molecular weight is 513 g/mol. The van der Waals surface area contributed by atoms with Crippen LogP contribution in [0.3, 0.4) is 0 Å². The van der Waals surface area contributed by atoms with Crippen molar-refractivity contribution in [2.75, 3.05) is 6.16 Å². The van der Waals surface area contributed by atoms with Gasteiger partial charge in [-0.3, -0.25) is 4.57 Å². The van der Waals surface area contributed by atoms with E-state index in [1.165, 1.54) is 0 Å². The van der Waals surface area contributed by atoms with Crippen LogP contribution in [0.25, 0.3) is 0 Å². The Labute approximate surface area is 212 Å². The molecule has 36 heavy (non-hydrogen) atoms. The Morgan fingerprint density at radius 1 is 0.667 bits per heavy atom. The Kier molecular flexibility index (Phi) is 9.46. The molecule has 0 aliphatic carbocycles. The summed E-state index contributed by atoms with van der Waals surface area (Å²) >= 11 is 0. The number of benzene rings is 3. The number of hydrogen-bond acceptors (Lipinski definition) is 5. The van der Waals surface area contributed by atoms with Gasteiger partial charge in [0.05, 0.1) is 38.2 Å². The van der Waals surface area contributed by atoms with Crippen LogP contribution in [0.1, 0.15) is 23.6 Å². The summed E-state index contributed by atoms with van der Waals surface area (Å²) in [5.41, 5.74) is 2.92. The SMILES string of the molecule is C[C@@H]1O[C@H](CP(=O)(O)O)[C@@H](OCc2ccccc2)[C@H](OCc2ccccc2)[C@@H]1OCc1ccccc1. The summed E-state index contributed by atoms with van der Waals surface area (Å²) in [6.45, 7) is 2.74. The van der Waals surface area contributed by atoms with Crippen molar-refractivity contribution in [2.24, 2.45) is 0 Å². The van der Waals surface area contributed by atoms with Crippen molar-refractivity contribution in [3.8, 4) is 0 Å². The topological polar surface area (TPSA) is 94.5 Å². The molecule has 0 unspecified atom stereocenters. The predicted octanol–water partition coefficient (Wildman–Crippen LogP) is 4.71. The summed E-state index contributed by atoms with van der Waals surface area (Å²) in [5.74, 6) is 0. The van der Waals surface area contributed by atoms with E-state index in [0.29, 0.717) is 13.2 Å². The molecule has 0 bridgehead atoms. The molecule has 1 aliphatic rings. The Balaban J connectivity index is 1.59. The van der Waals surface area contributed by atoms with Gasteiger partial charge < -0.3 is 28.7 Å². The minimum Gasteiger partial charge on any atom is -0.369 e. The van der Waals surface area contributed by atoms with Crippen LogP contribution in [0.2, 0.25) is 0 Å². The maximum atomic E-state index is 12.0. The molecule has 1 aliphatic heterocycles. The number of ether oxygens (including phenoxy) is 4. The van der Waals surface area contributed by atoms with Crippen LogP contribution in [0.4, 0.5) is 0 Å². The van der Waals surface area contributed by atoms with Crippen LogP contribution < -0.4 is 0 Å². The maximum Gasteiger partial charge on any atom is 0.328 e. The average Bonchev–Trinajstić information content (AvgIpc) is 2.87. The third kappa shape index (κ3) is 7.82. The van der Waals surface area contributed by atoms with Gasteiger partial charge in [-0.2, -0.15) is 0 Å². The van der Waals surface area contributed by atoms with Gasteiger partial charge in [0.25, 0.3) is 0 Å². The lowest BCUT2D eigenvalue weighted by atomic mass is 9.95. The zero-order valence-corrected chi connectivity index (χ0v) is 21.2. The summed E-state index contributed by atoms with van der Waals surface area (Å²) in [6.07, 6.45) is -3.67. The first-order chi connectivity index (χ1) is 17.4. The van der Waals surface area contributed by atoms with Gasteiger partial charge in [0.2, 0.25) is 0 Å². The highest BCUT2D eigenvalue weighted by molar-refractivity contribution is 7.51. The lowest BCUT2D eigenvalue weighted by Crippen LogP contribution is -2.60. The zero-order chi connectivity index (χ0) is 25.4. The van der Waals surface area contributed by atoms with E-state index < -0.39 is 44.3 Å². The molecule has 3 aromatic carbocycles. The smallest absolute Gasteiger partial charge is 0.328 e. The third-order valence-electron chi connectivity index (χ3n) is 6.14. The van der Waals surface area contributed by atoms with E-state index >= 15 is 0 Å². The Morgan fingerprint density at radius 3 is 1.47 bits per heavy atom. The second-order valence-electron chi connectivity index (χ2n) is 9.01. The van der Waals surface area contributed by atoms with E-state index in [9.17, 15) is 14.4 Å². The largest absolute Gasteiger partial charge is 0.369 e. The normalized spacial score (nSPS) is 24.5. The molecule has 1 heterocycles. The monoisotopic (exact) mass is 512 g/mol. The second kappa shape index (κ2) is 12.7. The van der Waals surface area contributed by atoms with Gasteiger partial charge in [-0.1, -0.05) is 91.0 Å².